The number of urea groups is 1. The van der Waals surface area contributed by atoms with Gasteiger partial charge in [-0.15, -0.1) is 0 Å². The number of primary amides is 1. The molecule has 0 saturated carbocycles. The molecule has 1 unspecified atom stereocenters. The zero-order chi connectivity index (χ0) is 19.2. The number of hydrogen-bond acceptors (Lipinski definition) is 4. The van der Waals surface area contributed by atoms with Crippen LogP contribution in [-0.2, 0) is 4.74 Å². The number of benzene rings is 2. The van der Waals surface area contributed by atoms with Crippen molar-refractivity contribution in [1.82, 2.24) is 0 Å². The minimum atomic E-state index is -0.722. The fourth-order valence-electron chi connectivity index (χ4n) is 2.85. The van der Waals surface area contributed by atoms with Crippen molar-refractivity contribution in [3.05, 3.63) is 53.8 Å². The molecular weight excluding hydrogens is 351 g/mol. The highest BCUT2D eigenvalue weighted by Gasteiger charge is 2.16. The molecule has 0 radical (unpaired) electrons. The molecule has 2 aromatic carbocycles. The van der Waals surface area contributed by atoms with Crippen molar-refractivity contribution < 1.29 is 18.7 Å². The van der Waals surface area contributed by atoms with Gasteiger partial charge in [-0.25, -0.2) is 9.18 Å². The Morgan fingerprint density at radius 2 is 1.96 bits per heavy atom. The largest absolute Gasteiger partial charge is 0.380 e. The monoisotopic (exact) mass is 372 g/mol. The number of hydrogen-bond donors (Lipinski definition) is 4. The summed E-state index contributed by atoms with van der Waals surface area (Å²) in [5, 5.41) is 8.05. The van der Waals surface area contributed by atoms with E-state index in [0.717, 1.165) is 19.4 Å². The average Bonchev–Trinajstić information content (AvgIpc) is 3.14. The van der Waals surface area contributed by atoms with Gasteiger partial charge >= 0.3 is 6.03 Å². The molecule has 1 saturated heterocycles. The predicted molar refractivity (Wildman–Crippen MR) is 101 cm³/mol. The molecule has 3 amide bonds. The molecule has 27 heavy (non-hydrogen) atoms. The Morgan fingerprint density at radius 3 is 2.67 bits per heavy atom. The van der Waals surface area contributed by atoms with Crippen LogP contribution in [0, 0.1) is 5.82 Å². The highest BCUT2D eigenvalue weighted by Crippen LogP contribution is 2.21. The van der Waals surface area contributed by atoms with E-state index in [0.29, 0.717) is 29.2 Å². The lowest BCUT2D eigenvalue weighted by atomic mass is 10.1. The molecule has 1 aliphatic rings. The lowest BCUT2D eigenvalue weighted by Gasteiger charge is -2.13. The second kappa shape index (κ2) is 8.50. The van der Waals surface area contributed by atoms with Crippen molar-refractivity contribution >= 4 is 29.0 Å². The van der Waals surface area contributed by atoms with Crippen LogP contribution in [0.4, 0.5) is 26.2 Å². The van der Waals surface area contributed by atoms with E-state index < -0.39 is 17.8 Å². The summed E-state index contributed by atoms with van der Waals surface area (Å²) >= 11 is 0. The van der Waals surface area contributed by atoms with E-state index in [4.69, 9.17) is 10.5 Å². The maximum Gasteiger partial charge on any atom is 0.316 e. The molecular formula is C19H21FN4O3. The first-order valence-corrected chi connectivity index (χ1v) is 8.64. The minimum Gasteiger partial charge on any atom is -0.380 e. The van der Waals surface area contributed by atoms with Crippen LogP contribution >= 0.6 is 0 Å². The molecule has 0 aliphatic carbocycles. The SMILES string of the molecule is NC(=O)Nc1cccc(C(=O)Nc2ccc(NCC3CCCO3)c(F)c2)c1. The normalized spacial score (nSPS) is 16.0. The van der Waals surface area contributed by atoms with Crippen LogP contribution in [0.2, 0.25) is 0 Å². The number of ether oxygens (including phenoxy) is 1. The third-order valence-corrected chi connectivity index (χ3v) is 4.16. The van der Waals surface area contributed by atoms with Gasteiger partial charge in [0.2, 0.25) is 0 Å². The lowest BCUT2D eigenvalue weighted by Crippen LogP contribution is -2.20. The Bertz CT molecular complexity index is 837. The number of rotatable bonds is 6. The van der Waals surface area contributed by atoms with E-state index in [9.17, 15) is 14.0 Å². The minimum absolute atomic E-state index is 0.102. The highest BCUT2D eigenvalue weighted by molar-refractivity contribution is 6.05. The zero-order valence-corrected chi connectivity index (χ0v) is 14.6. The predicted octanol–water partition coefficient (Wildman–Crippen LogP) is 3.16. The second-order valence-corrected chi connectivity index (χ2v) is 6.23. The van der Waals surface area contributed by atoms with Gasteiger partial charge in [-0.1, -0.05) is 6.07 Å². The van der Waals surface area contributed by atoms with Crippen molar-refractivity contribution in [2.75, 3.05) is 29.1 Å². The fourth-order valence-corrected chi connectivity index (χ4v) is 2.85. The molecule has 1 heterocycles. The molecule has 142 valence electrons. The molecule has 5 N–H and O–H groups in total. The van der Waals surface area contributed by atoms with Crippen LogP contribution in [0.1, 0.15) is 23.2 Å². The van der Waals surface area contributed by atoms with Gasteiger partial charge in [0, 0.05) is 30.1 Å². The molecule has 1 aliphatic heterocycles. The Labute approximate surface area is 156 Å². The standard InChI is InChI=1S/C19H21FN4O3/c20-16-10-14(6-7-17(16)22-11-15-5-2-8-27-15)23-18(25)12-3-1-4-13(9-12)24-19(21)26/h1,3-4,6-7,9-10,15,22H,2,5,8,11H2,(H,23,25)(H3,21,24,26). The Hall–Kier alpha value is -3.13. The molecule has 2 aromatic rings. The summed E-state index contributed by atoms with van der Waals surface area (Å²) in [6, 6.07) is 10.00. The van der Waals surface area contributed by atoms with Crippen molar-refractivity contribution in [2.24, 2.45) is 5.73 Å². The number of halogens is 1. The zero-order valence-electron chi connectivity index (χ0n) is 14.6. The summed E-state index contributed by atoms with van der Waals surface area (Å²) in [7, 11) is 0. The quantitative estimate of drug-likeness (QED) is 0.625. The molecule has 7 nitrogen and oxygen atoms in total. The van der Waals surface area contributed by atoms with Gasteiger partial charge in [-0.05, 0) is 49.2 Å². The molecule has 0 spiro atoms. The van der Waals surface area contributed by atoms with Crippen LogP contribution in [0.5, 0.6) is 0 Å². The van der Waals surface area contributed by atoms with Gasteiger partial charge in [0.1, 0.15) is 5.82 Å². The summed E-state index contributed by atoms with van der Waals surface area (Å²) in [5.41, 5.74) is 6.45. The van der Waals surface area contributed by atoms with E-state index in [1.807, 2.05) is 0 Å². The maximum absolute atomic E-state index is 14.3. The lowest BCUT2D eigenvalue weighted by molar-refractivity contribution is 0.102. The van der Waals surface area contributed by atoms with Crippen LogP contribution in [0.15, 0.2) is 42.5 Å². The first kappa shape index (κ1) is 18.7. The van der Waals surface area contributed by atoms with Crippen LogP contribution in [0.25, 0.3) is 0 Å². The Kier molecular flexibility index (Phi) is 5.87. The van der Waals surface area contributed by atoms with Gasteiger partial charge in [-0.2, -0.15) is 0 Å². The van der Waals surface area contributed by atoms with Gasteiger partial charge in [0.15, 0.2) is 0 Å². The fraction of sp³-hybridized carbons (Fsp3) is 0.263. The smallest absolute Gasteiger partial charge is 0.316 e. The van der Waals surface area contributed by atoms with E-state index in [1.54, 1.807) is 30.3 Å². The van der Waals surface area contributed by atoms with E-state index >= 15 is 0 Å². The van der Waals surface area contributed by atoms with E-state index in [-0.39, 0.29) is 6.10 Å². The average molecular weight is 372 g/mol. The van der Waals surface area contributed by atoms with Crippen molar-refractivity contribution in [1.29, 1.82) is 0 Å². The van der Waals surface area contributed by atoms with Crippen LogP contribution in [-0.4, -0.2) is 31.2 Å². The highest BCUT2D eigenvalue weighted by atomic mass is 19.1. The van der Waals surface area contributed by atoms with E-state index in [2.05, 4.69) is 16.0 Å². The van der Waals surface area contributed by atoms with Crippen molar-refractivity contribution in [3.8, 4) is 0 Å². The second-order valence-electron chi connectivity index (χ2n) is 6.23. The van der Waals surface area contributed by atoms with Crippen molar-refractivity contribution in [2.45, 2.75) is 18.9 Å². The summed E-state index contributed by atoms with van der Waals surface area (Å²) < 4.78 is 19.8. The summed E-state index contributed by atoms with van der Waals surface area (Å²) in [5.74, 6) is -0.891. The molecule has 1 fully saturated rings. The van der Waals surface area contributed by atoms with Crippen LogP contribution < -0.4 is 21.7 Å². The molecule has 1 atom stereocenters. The maximum atomic E-state index is 14.3. The summed E-state index contributed by atoms with van der Waals surface area (Å²) in [6.07, 6.45) is 2.09. The topological polar surface area (TPSA) is 105 Å². The third kappa shape index (κ3) is 5.18. The van der Waals surface area contributed by atoms with E-state index in [1.165, 1.54) is 12.1 Å². The number of nitrogens with one attached hydrogen (secondary N) is 3. The van der Waals surface area contributed by atoms with Gasteiger partial charge in [0.25, 0.3) is 5.91 Å². The number of amides is 3. The van der Waals surface area contributed by atoms with Gasteiger partial charge < -0.3 is 26.4 Å². The molecule has 3 rings (SSSR count). The molecule has 0 aromatic heterocycles. The molecule has 8 heteroatoms. The molecule has 0 bridgehead atoms. The third-order valence-electron chi connectivity index (χ3n) is 4.16. The number of anilines is 3. The Morgan fingerprint density at radius 1 is 1.15 bits per heavy atom. The van der Waals surface area contributed by atoms with Gasteiger partial charge in [0.05, 0.1) is 11.8 Å². The number of carbonyl (C=O) groups excluding carboxylic acids is 2. The summed E-state index contributed by atoms with van der Waals surface area (Å²) in [6.45, 7) is 1.29. The first-order valence-electron chi connectivity index (χ1n) is 8.64. The van der Waals surface area contributed by atoms with Crippen LogP contribution in [0.3, 0.4) is 0 Å². The number of carbonyl (C=O) groups is 2. The first-order chi connectivity index (χ1) is 13.0. The number of nitrogens with two attached hydrogens (primary N) is 1. The summed E-state index contributed by atoms with van der Waals surface area (Å²) in [4.78, 5) is 23.2. The Balaban J connectivity index is 1.62. The van der Waals surface area contributed by atoms with Gasteiger partial charge in [-0.3, -0.25) is 4.79 Å². The van der Waals surface area contributed by atoms with Crippen molar-refractivity contribution in [3.63, 3.8) is 0 Å².